The predicted octanol–water partition coefficient (Wildman–Crippen LogP) is 8.34. The molecule has 4 unspecified atom stereocenters. The Morgan fingerprint density at radius 3 is 1.89 bits per heavy atom. The van der Waals surface area contributed by atoms with Crippen LogP contribution in [0.5, 0.6) is 11.5 Å². The van der Waals surface area contributed by atoms with E-state index in [1.54, 1.807) is 18.2 Å². The van der Waals surface area contributed by atoms with Crippen LogP contribution < -0.4 is 11.3 Å². The lowest BCUT2D eigenvalue weighted by Gasteiger charge is -2.27. The number of aromatic amines is 1. The largest absolute Gasteiger partial charge is 0.505 e. The van der Waals surface area contributed by atoms with Crippen molar-refractivity contribution in [3.63, 3.8) is 0 Å². The number of nitrogens with one attached hydrogen (secondary N) is 1. The molecule has 0 amide bonds. The molecule has 2 aliphatic rings. The van der Waals surface area contributed by atoms with Gasteiger partial charge in [-0.25, -0.2) is 4.68 Å². The number of hydrogen-bond acceptors (Lipinski definition) is 7. The van der Waals surface area contributed by atoms with Crippen molar-refractivity contribution in [2.24, 2.45) is 16.8 Å². The molecule has 4 aromatic rings. The van der Waals surface area contributed by atoms with E-state index in [0.29, 0.717) is 47.5 Å². The first-order valence-electron chi connectivity index (χ1n) is 18.0. The number of aromatic nitrogens is 2. The fourth-order valence-corrected chi connectivity index (χ4v) is 7.42. The fourth-order valence-electron chi connectivity index (χ4n) is 7.42. The minimum atomic E-state index is -0.782. The number of phenols is 2. The number of anilines is 1. The summed E-state index contributed by atoms with van der Waals surface area (Å²) in [6.45, 7) is 8.24. The molecule has 0 bridgehead atoms. The molecule has 0 aliphatic heterocycles. The van der Waals surface area contributed by atoms with E-state index in [2.05, 4.69) is 30.9 Å². The number of aromatic hydroxyl groups is 2. The Hall–Kier alpha value is -5.03. The van der Waals surface area contributed by atoms with Gasteiger partial charge in [0.25, 0.3) is 5.56 Å². The summed E-state index contributed by atoms with van der Waals surface area (Å²) < 4.78 is 1.49. The number of carboxylic acids is 2. The Morgan fingerprint density at radius 2 is 1.36 bits per heavy atom. The highest BCUT2D eigenvalue weighted by molar-refractivity contribution is 5.85. The minimum absolute atomic E-state index is 0. The van der Waals surface area contributed by atoms with E-state index in [9.17, 15) is 29.7 Å². The Labute approximate surface area is 316 Å². The van der Waals surface area contributed by atoms with Crippen LogP contribution in [0, 0.1) is 18.8 Å². The summed E-state index contributed by atoms with van der Waals surface area (Å²) in [5.41, 5.74) is 10.7. The van der Waals surface area contributed by atoms with Crippen LogP contribution in [0.3, 0.4) is 0 Å². The first-order chi connectivity index (χ1) is 24.6. The topological polar surface area (TPSA) is 191 Å². The number of para-hydroxylation sites is 2. The number of aryl methyl sites for hydroxylation is 1. The zero-order chi connectivity index (χ0) is 37.7. The highest BCUT2D eigenvalue weighted by Crippen LogP contribution is 2.43. The number of phenolic OH excluding ortho intramolecular Hbond substituents is 2. The molecule has 1 heterocycles. The molecule has 53 heavy (non-hydrogen) atoms. The summed E-state index contributed by atoms with van der Waals surface area (Å²) >= 11 is 0. The van der Waals surface area contributed by atoms with E-state index in [-0.39, 0.29) is 52.6 Å². The van der Waals surface area contributed by atoms with E-state index >= 15 is 0 Å². The molecule has 3 aromatic carbocycles. The summed E-state index contributed by atoms with van der Waals surface area (Å²) in [6.07, 6.45) is 7.42. The molecular formula is C41H51ClN4O7. The van der Waals surface area contributed by atoms with Crippen molar-refractivity contribution in [3.05, 3.63) is 99.0 Å². The average Bonchev–Trinajstić information content (AvgIpc) is 3.41. The molecule has 4 atom stereocenters. The van der Waals surface area contributed by atoms with Crippen molar-refractivity contribution >= 4 is 41.9 Å². The number of H-pyrrole nitrogens is 1. The number of carboxylic acid groups (broad SMARTS) is 2. The van der Waals surface area contributed by atoms with Gasteiger partial charge in [0.1, 0.15) is 17.2 Å². The van der Waals surface area contributed by atoms with Gasteiger partial charge in [-0.1, -0.05) is 70.0 Å². The number of nitrogens with zero attached hydrogens (tertiary/aromatic N) is 2. The number of nitrogens with two attached hydrogens (primary N) is 1. The number of nitrogen functional groups attached to an aromatic ring is 1. The molecule has 11 nitrogen and oxygen atoms in total. The second-order valence-electron chi connectivity index (χ2n) is 15.1. The predicted molar refractivity (Wildman–Crippen MR) is 210 cm³/mol. The summed E-state index contributed by atoms with van der Waals surface area (Å²) in [4.78, 5) is 40.0. The van der Waals surface area contributed by atoms with Crippen LogP contribution in [0.15, 0.2) is 70.5 Å². The Bertz CT molecular complexity index is 1990. The van der Waals surface area contributed by atoms with Crippen LogP contribution in [-0.2, 0) is 15.0 Å². The van der Waals surface area contributed by atoms with E-state index < -0.39 is 17.9 Å². The third kappa shape index (κ3) is 9.50. The average molecular weight is 747 g/mol. The molecule has 2 aliphatic carbocycles. The third-order valence-corrected chi connectivity index (χ3v) is 10.5. The standard InChI is InChI=1S/C28H33N3O4.C13H17NO3.ClH/c1-17-23(26(33)31(30-17)21-13-11-20(12-14-21)28(2,3)4)16-29-24-10-6-9-22(25(24)32)18-7-5-8-19(15-18)27(34)35;14-11-6-2-5-10(12(11)15)8-3-1-4-9(7-8)13(16)17;/h6,9-14,16,18-19,30,32H,5,7-8,15H2,1-4H3,(H,34,35);2,5-6,8-9,15H,1,3-4,7,14H2,(H,16,17);1H. The van der Waals surface area contributed by atoms with Gasteiger partial charge in [-0.05, 0) is 104 Å². The monoisotopic (exact) mass is 746 g/mol. The minimum Gasteiger partial charge on any atom is -0.505 e. The number of carbonyl (C=O) groups is 2. The van der Waals surface area contributed by atoms with Crippen molar-refractivity contribution in [2.75, 3.05) is 5.73 Å². The number of halogens is 1. The number of benzene rings is 3. The molecule has 6 rings (SSSR count). The molecule has 7 N–H and O–H groups in total. The smallest absolute Gasteiger partial charge is 0.306 e. The molecule has 0 radical (unpaired) electrons. The molecule has 0 saturated heterocycles. The molecule has 12 heteroatoms. The Balaban J connectivity index is 0.000000292. The second kappa shape index (κ2) is 17.2. The van der Waals surface area contributed by atoms with Crippen LogP contribution >= 0.6 is 12.4 Å². The third-order valence-electron chi connectivity index (χ3n) is 10.5. The van der Waals surface area contributed by atoms with Crippen LogP contribution in [0.25, 0.3) is 5.69 Å². The van der Waals surface area contributed by atoms with Crippen LogP contribution in [-0.4, -0.2) is 48.4 Å². The normalized spacial score (nSPS) is 20.2. The zero-order valence-corrected chi connectivity index (χ0v) is 31.5. The zero-order valence-electron chi connectivity index (χ0n) is 30.7. The quantitative estimate of drug-likeness (QED) is 0.0617. The fraction of sp³-hybridized carbons (Fsp3) is 0.415. The van der Waals surface area contributed by atoms with E-state index in [4.69, 9.17) is 10.8 Å². The van der Waals surface area contributed by atoms with Gasteiger partial charge >= 0.3 is 11.9 Å². The molecular weight excluding hydrogens is 696 g/mol. The van der Waals surface area contributed by atoms with Gasteiger partial charge in [0.2, 0.25) is 0 Å². The number of aliphatic imine (C=N–C) groups is 1. The van der Waals surface area contributed by atoms with Crippen LogP contribution in [0.2, 0.25) is 0 Å². The van der Waals surface area contributed by atoms with Crippen molar-refractivity contribution in [1.29, 1.82) is 0 Å². The number of rotatable bonds is 7. The SMILES string of the molecule is Cc1[nH]n(-c2ccc(C(C)(C)C)cc2)c(=O)c1C=Nc1cccc(C2CCCC(C(=O)O)C2)c1O.Cl.Nc1cccc(C2CCCC(C(=O)O)C2)c1O. The maximum atomic E-state index is 13.1. The summed E-state index contributed by atoms with van der Waals surface area (Å²) in [6, 6.07) is 18.5. The van der Waals surface area contributed by atoms with Gasteiger partial charge in [-0.3, -0.25) is 24.5 Å². The lowest BCUT2D eigenvalue weighted by molar-refractivity contribution is -0.143. The number of aliphatic carboxylic acids is 2. The van der Waals surface area contributed by atoms with Crippen molar-refractivity contribution < 1.29 is 30.0 Å². The Morgan fingerprint density at radius 1 is 0.830 bits per heavy atom. The van der Waals surface area contributed by atoms with Crippen LogP contribution in [0.1, 0.15) is 112 Å². The number of hydrogen-bond donors (Lipinski definition) is 6. The van der Waals surface area contributed by atoms with Gasteiger partial charge in [0, 0.05) is 11.9 Å². The molecule has 0 spiro atoms. The second-order valence-corrected chi connectivity index (χ2v) is 15.1. The summed E-state index contributed by atoms with van der Waals surface area (Å²) in [5.74, 6) is -1.97. The van der Waals surface area contributed by atoms with Crippen molar-refractivity contribution in [3.8, 4) is 17.2 Å². The van der Waals surface area contributed by atoms with Gasteiger partial charge < -0.3 is 26.2 Å². The van der Waals surface area contributed by atoms with E-state index in [1.165, 1.54) is 16.5 Å². The lowest BCUT2D eigenvalue weighted by Crippen LogP contribution is -2.21. The van der Waals surface area contributed by atoms with Gasteiger partial charge in [0.05, 0.1) is 28.8 Å². The van der Waals surface area contributed by atoms with Crippen LogP contribution in [0.4, 0.5) is 11.4 Å². The van der Waals surface area contributed by atoms with Gasteiger partial charge in [0.15, 0.2) is 0 Å². The summed E-state index contributed by atoms with van der Waals surface area (Å²) in [5, 5.41) is 42.4. The van der Waals surface area contributed by atoms with E-state index in [0.717, 1.165) is 43.4 Å². The lowest BCUT2D eigenvalue weighted by atomic mass is 9.77. The van der Waals surface area contributed by atoms with E-state index in [1.807, 2.05) is 49.4 Å². The molecule has 1 aromatic heterocycles. The molecule has 284 valence electrons. The first kappa shape index (κ1) is 40.7. The molecule has 2 saturated carbocycles. The Kier molecular flexibility index (Phi) is 13.2. The van der Waals surface area contributed by atoms with Crippen molar-refractivity contribution in [1.82, 2.24) is 9.78 Å². The van der Waals surface area contributed by atoms with Gasteiger partial charge in [-0.2, -0.15) is 0 Å². The maximum absolute atomic E-state index is 13.1. The first-order valence-corrected chi connectivity index (χ1v) is 18.0. The highest BCUT2D eigenvalue weighted by Gasteiger charge is 2.31. The van der Waals surface area contributed by atoms with Crippen molar-refractivity contribution in [2.45, 2.75) is 96.3 Å². The summed E-state index contributed by atoms with van der Waals surface area (Å²) in [7, 11) is 0. The molecule has 2 fully saturated rings. The highest BCUT2D eigenvalue weighted by atomic mass is 35.5. The maximum Gasteiger partial charge on any atom is 0.306 e. The van der Waals surface area contributed by atoms with Gasteiger partial charge in [-0.15, -0.1) is 12.4 Å².